The van der Waals surface area contributed by atoms with E-state index in [1.807, 2.05) is 18.2 Å². The van der Waals surface area contributed by atoms with Crippen molar-refractivity contribution in [3.63, 3.8) is 0 Å². The van der Waals surface area contributed by atoms with E-state index in [0.717, 1.165) is 17.0 Å². The molecule has 0 bridgehead atoms. The van der Waals surface area contributed by atoms with Gasteiger partial charge in [0.15, 0.2) is 0 Å². The molecule has 1 aliphatic heterocycles. The number of hydrogen-bond donors (Lipinski definition) is 3. The molecule has 1 heterocycles. The second-order valence-corrected chi connectivity index (χ2v) is 6.87. The van der Waals surface area contributed by atoms with E-state index >= 15 is 0 Å². The van der Waals surface area contributed by atoms with Crippen LogP contribution in [0.2, 0.25) is 0 Å². The topological polar surface area (TPSA) is 103 Å². The van der Waals surface area contributed by atoms with Gasteiger partial charge in [-0.2, -0.15) is 5.26 Å². The molecule has 0 unspecified atom stereocenters. The molecule has 2 amide bonds. The molecule has 0 fully saturated rings. The van der Waals surface area contributed by atoms with Crippen LogP contribution in [0.5, 0.6) is 5.75 Å². The minimum Gasteiger partial charge on any atom is -0.494 e. The third kappa shape index (κ3) is 5.70. The highest BCUT2D eigenvalue weighted by atomic mass is 19.1. The summed E-state index contributed by atoms with van der Waals surface area (Å²) < 4.78 is 19.2. The smallest absolute Gasteiger partial charge is 0.224 e. The van der Waals surface area contributed by atoms with Crippen LogP contribution in [-0.4, -0.2) is 31.5 Å². The number of aryl methyl sites for hydroxylation is 1. The molecule has 0 radical (unpaired) electrons. The normalized spacial score (nSPS) is 12.3. The van der Waals surface area contributed by atoms with E-state index in [2.05, 4.69) is 16.0 Å². The SMILES string of the molecule is N#Cc1c(F)cccc1NCCNC(=O)CCCOc1ccc2c(c1)CCC(=O)N2. The number of fused-ring (bicyclic) bond motifs is 1. The van der Waals surface area contributed by atoms with Crippen LogP contribution in [0.25, 0.3) is 0 Å². The van der Waals surface area contributed by atoms with E-state index in [1.54, 1.807) is 12.1 Å². The predicted octanol–water partition coefficient (Wildman–Crippen LogP) is 2.97. The lowest BCUT2D eigenvalue weighted by Gasteiger charge is -2.17. The van der Waals surface area contributed by atoms with Crippen LogP contribution in [0.1, 0.15) is 30.4 Å². The van der Waals surface area contributed by atoms with Crippen LogP contribution >= 0.6 is 0 Å². The molecule has 30 heavy (non-hydrogen) atoms. The van der Waals surface area contributed by atoms with E-state index < -0.39 is 5.82 Å². The maximum absolute atomic E-state index is 13.5. The highest BCUT2D eigenvalue weighted by molar-refractivity contribution is 5.94. The van der Waals surface area contributed by atoms with Crippen molar-refractivity contribution in [1.29, 1.82) is 5.26 Å². The lowest BCUT2D eigenvalue weighted by atomic mass is 10.0. The summed E-state index contributed by atoms with van der Waals surface area (Å²) in [5, 5.41) is 17.5. The number of carbonyl (C=O) groups is 2. The largest absolute Gasteiger partial charge is 0.494 e. The molecule has 3 rings (SSSR count). The van der Waals surface area contributed by atoms with Crippen LogP contribution in [0.15, 0.2) is 36.4 Å². The first-order valence-electron chi connectivity index (χ1n) is 9.81. The molecular formula is C22H23FN4O3. The third-order valence-corrected chi connectivity index (χ3v) is 4.68. The van der Waals surface area contributed by atoms with Gasteiger partial charge in [-0.25, -0.2) is 4.39 Å². The molecule has 0 spiro atoms. The Morgan fingerprint density at radius 1 is 1.23 bits per heavy atom. The van der Waals surface area contributed by atoms with Gasteiger partial charge in [-0.3, -0.25) is 9.59 Å². The van der Waals surface area contributed by atoms with Crippen molar-refractivity contribution in [1.82, 2.24) is 5.32 Å². The molecule has 0 saturated carbocycles. The van der Waals surface area contributed by atoms with E-state index in [4.69, 9.17) is 10.00 Å². The number of nitriles is 1. The van der Waals surface area contributed by atoms with E-state index in [-0.39, 0.29) is 17.4 Å². The average Bonchev–Trinajstić information content (AvgIpc) is 2.74. The number of carbonyl (C=O) groups excluding carboxylic acids is 2. The second-order valence-electron chi connectivity index (χ2n) is 6.87. The number of rotatable bonds is 9. The molecule has 7 nitrogen and oxygen atoms in total. The Morgan fingerprint density at radius 2 is 2.10 bits per heavy atom. The Balaban J connectivity index is 1.32. The lowest BCUT2D eigenvalue weighted by molar-refractivity contribution is -0.121. The quantitative estimate of drug-likeness (QED) is 0.552. The molecule has 0 saturated heterocycles. The van der Waals surface area contributed by atoms with E-state index in [1.165, 1.54) is 12.1 Å². The Bertz CT molecular complexity index is 971. The number of ether oxygens (including phenoxy) is 1. The molecule has 2 aromatic carbocycles. The van der Waals surface area contributed by atoms with Crippen molar-refractivity contribution in [2.75, 3.05) is 30.3 Å². The fraction of sp³-hybridized carbons (Fsp3) is 0.318. The van der Waals surface area contributed by atoms with Crippen molar-refractivity contribution in [3.05, 3.63) is 53.3 Å². The van der Waals surface area contributed by atoms with Crippen LogP contribution in [0, 0.1) is 17.1 Å². The Labute approximate surface area is 174 Å². The Hall–Kier alpha value is -3.60. The minimum atomic E-state index is -0.574. The number of halogens is 1. The molecule has 0 atom stereocenters. The summed E-state index contributed by atoms with van der Waals surface area (Å²) in [6.45, 7) is 1.15. The molecule has 8 heteroatoms. The number of anilines is 2. The second kappa shape index (κ2) is 10.3. The highest BCUT2D eigenvalue weighted by Crippen LogP contribution is 2.26. The molecule has 3 N–H and O–H groups in total. The molecule has 0 aromatic heterocycles. The zero-order valence-electron chi connectivity index (χ0n) is 16.5. The minimum absolute atomic E-state index is 0.0267. The number of nitrogens with zero attached hydrogens (tertiary/aromatic N) is 1. The van der Waals surface area contributed by atoms with Crippen molar-refractivity contribution < 1.29 is 18.7 Å². The first-order valence-corrected chi connectivity index (χ1v) is 9.81. The van der Waals surface area contributed by atoms with E-state index in [9.17, 15) is 14.0 Å². The Kier molecular flexibility index (Phi) is 7.22. The molecule has 2 aromatic rings. The van der Waals surface area contributed by atoms with Crippen LogP contribution in [0.4, 0.5) is 15.8 Å². The van der Waals surface area contributed by atoms with Gasteiger partial charge in [0, 0.05) is 31.6 Å². The van der Waals surface area contributed by atoms with E-state index in [0.29, 0.717) is 51.1 Å². The molecule has 0 aliphatic carbocycles. The van der Waals surface area contributed by atoms with Crippen molar-refractivity contribution in [3.8, 4) is 11.8 Å². The summed E-state index contributed by atoms with van der Waals surface area (Å²) in [7, 11) is 0. The van der Waals surface area contributed by atoms with Gasteiger partial charge in [-0.05, 0) is 48.7 Å². The van der Waals surface area contributed by atoms with Gasteiger partial charge in [0.05, 0.1) is 12.3 Å². The van der Waals surface area contributed by atoms with Gasteiger partial charge in [0.25, 0.3) is 0 Å². The third-order valence-electron chi connectivity index (χ3n) is 4.68. The number of benzene rings is 2. The van der Waals surface area contributed by atoms with Crippen LogP contribution < -0.4 is 20.7 Å². The predicted molar refractivity (Wildman–Crippen MR) is 111 cm³/mol. The summed E-state index contributed by atoms with van der Waals surface area (Å²) in [5.74, 6) is 0.0697. The lowest BCUT2D eigenvalue weighted by Crippen LogP contribution is -2.29. The number of nitrogens with one attached hydrogen (secondary N) is 3. The number of hydrogen-bond acceptors (Lipinski definition) is 5. The molecular weight excluding hydrogens is 387 g/mol. The summed E-state index contributed by atoms with van der Waals surface area (Å²) in [6, 6.07) is 11.8. The van der Waals surface area contributed by atoms with Gasteiger partial charge < -0.3 is 20.7 Å². The number of amides is 2. The Morgan fingerprint density at radius 3 is 2.93 bits per heavy atom. The molecule has 1 aliphatic rings. The van der Waals surface area contributed by atoms with Crippen LogP contribution in [-0.2, 0) is 16.0 Å². The maximum Gasteiger partial charge on any atom is 0.224 e. The van der Waals surface area contributed by atoms with Crippen molar-refractivity contribution in [2.24, 2.45) is 0 Å². The fourth-order valence-electron chi connectivity index (χ4n) is 3.14. The van der Waals surface area contributed by atoms with Crippen LogP contribution in [0.3, 0.4) is 0 Å². The summed E-state index contributed by atoms with van der Waals surface area (Å²) in [4.78, 5) is 23.3. The zero-order chi connectivity index (χ0) is 21.3. The van der Waals surface area contributed by atoms with Crippen molar-refractivity contribution >= 4 is 23.2 Å². The van der Waals surface area contributed by atoms with Crippen molar-refractivity contribution in [2.45, 2.75) is 25.7 Å². The first kappa shape index (κ1) is 21.1. The zero-order valence-corrected chi connectivity index (χ0v) is 16.5. The van der Waals surface area contributed by atoms with Gasteiger partial charge in [0.1, 0.15) is 23.2 Å². The van der Waals surface area contributed by atoms with Gasteiger partial charge in [-0.15, -0.1) is 0 Å². The fourth-order valence-corrected chi connectivity index (χ4v) is 3.14. The molecule has 156 valence electrons. The monoisotopic (exact) mass is 410 g/mol. The van der Waals surface area contributed by atoms with Gasteiger partial charge in [-0.1, -0.05) is 6.07 Å². The summed E-state index contributed by atoms with van der Waals surface area (Å²) in [5.41, 5.74) is 2.25. The van der Waals surface area contributed by atoms with Gasteiger partial charge in [0.2, 0.25) is 11.8 Å². The maximum atomic E-state index is 13.5. The summed E-state index contributed by atoms with van der Waals surface area (Å²) >= 11 is 0. The average molecular weight is 410 g/mol. The highest BCUT2D eigenvalue weighted by Gasteiger charge is 2.15. The first-order chi connectivity index (χ1) is 14.6. The summed E-state index contributed by atoms with van der Waals surface area (Å²) in [6.07, 6.45) is 2.06. The van der Waals surface area contributed by atoms with Gasteiger partial charge >= 0.3 is 0 Å². The standard InChI is InChI=1S/C22H23FN4O3/c23-18-3-1-4-20(17(18)14-24)25-10-11-26-21(28)5-2-12-30-16-7-8-19-15(13-16)6-9-22(29)27-19/h1,3-4,7-8,13,25H,2,5-6,9-12H2,(H,26,28)(H,27,29).